The zero-order valence-corrected chi connectivity index (χ0v) is 31.6. The topological polar surface area (TPSA) is 68.3 Å². The van der Waals surface area contributed by atoms with Crippen LogP contribution in [0.2, 0.25) is 0 Å². The number of thioether (sulfide) groups is 3. The molecule has 8 rings (SSSR count). The van der Waals surface area contributed by atoms with Crippen molar-refractivity contribution in [3.63, 3.8) is 0 Å². The van der Waals surface area contributed by atoms with Crippen molar-refractivity contribution < 1.29 is 19.2 Å². The summed E-state index contributed by atoms with van der Waals surface area (Å²) in [5, 5.41) is 0.155. The van der Waals surface area contributed by atoms with Crippen molar-refractivity contribution in [2.24, 2.45) is 82.9 Å². The molecular formula is C36H54Cl2O4S3. The van der Waals surface area contributed by atoms with Crippen LogP contribution in [0.4, 0.5) is 0 Å². The van der Waals surface area contributed by atoms with Crippen LogP contribution in [0.1, 0.15) is 85.0 Å². The van der Waals surface area contributed by atoms with Gasteiger partial charge >= 0.3 is 0 Å². The number of ketones is 1. The first-order valence-corrected chi connectivity index (χ1v) is 21.9. The van der Waals surface area contributed by atoms with Crippen molar-refractivity contribution in [1.29, 1.82) is 0 Å². The Kier molecular flexibility index (Phi) is 13.3. The number of Topliss-reactive ketones (excluding diaryl/α,β-unsaturated/α-hetero) is 1. The first-order valence-electron chi connectivity index (χ1n) is 17.6. The maximum atomic E-state index is 12.7. The van der Waals surface area contributed by atoms with Crippen molar-refractivity contribution in [3.05, 3.63) is 0 Å². The minimum absolute atomic E-state index is 0.0382. The molecule has 8 saturated carbocycles. The van der Waals surface area contributed by atoms with Crippen LogP contribution < -0.4 is 0 Å². The van der Waals surface area contributed by atoms with E-state index < -0.39 is 0 Å². The molecule has 4 nitrogen and oxygen atoms in total. The van der Waals surface area contributed by atoms with E-state index in [0.717, 1.165) is 83.0 Å². The number of hydrogen-bond acceptors (Lipinski definition) is 7. The van der Waals surface area contributed by atoms with Crippen LogP contribution in [0.15, 0.2) is 0 Å². The number of fused-ring (bicyclic) bond motifs is 18. The summed E-state index contributed by atoms with van der Waals surface area (Å²) >= 11 is 16.0. The molecular weight excluding hydrogens is 663 g/mol. The molecule has 0 aromatic carbocycles. The molecule has 0 aliphatic heterocycles. The normalized spacial score (nSPS) is 43.0. The third-order valence-electron chi connectivity index (χ3n) is 13.0. The number of halogens is 2. The fraction of sp³-hybridized carbons (Fsp3) is 0.889. The average Bonchev–Trinajstić information content (AvgIpc) is 3.82. The van der Waals surface area contributed by atoms with E-state index in [0.29, 0.717) is 17.0 Å². The third-order valence-corrected chi connectivity index (χ3v) is 16.4. The van der Waals surface area contributed by atoms with E-state index in [4.69, 9.17) is 11.6 Å². The van der Waals surface area contributed by atoms with E-state index in [1.54, 1.807) is 11.8 Å². The number of rotatable bonds is 8. The Bertz CT molecular complexity index is 1070. The van der Waals surface area contributed by atoms with Gasteiger partial charge in [0.2, 0.25) is 10.5 Å². The maximum Gasteiger partial charge on any atom is 0.225 e. The van der Waals surface area contributed by atoms with Gasteiger partial charge in [-0.2, -0.15) is 23.5 Å². The molecule has 0 N–H and O–H groups in total. The molecule has 14 atom stereocenters. The van der Waals surface area contributed by atoms with Gasteiger partial charge in [0.05, 0.1) is 0 Å². The van der Waals surface area contributed by atoms with Crippen LogP contribution in [0, 0.1) is 82.9 Å². The fourth-order valence-corrected chi connectivity index (χ4v) is 15.3. The molecule has 14 unspecified atom stereocenters. The smallest absolute Gasteiger partial charge is 0.225 e. The van der Waals surface area contributed by atoms with E-state index in [-0.39, 0.29) is 22.2 Å². The van der Waals surface area contributed by atoms with Crippen LogP contribution in [-0.4, -0.2) is 50.7 Å². The fourth-order valence-electron chi connectivity index (χ4n) is 12.2. The van der Waals surface area contributed by atoms with Crippen molar-refractivity contribution >= 4 is 79.9 Å². The highest BCUT2D eigenvalue weighted by Crippen LogP contribution is 2.70. The van der Waals surface area contributed by atoms with Crippen molar-refractivity contribution in [1.82, 2.24) is 0 Å². The predicted molar refractivity (Wildman–Crippen MR) is 192 cm³/mol. The monoisotopic (exact) mass is 716 g/mol. The molecule has 8 fully saturated rings. The molecule has 0 saturated heterocycles. The summed E-state index contributed by atoms with van der Waals surface area (Å²) in [6, 6.07) is 0. The number of hydrogen-bond donors (Lipinski definition) is 0. The highest BCUT2D eigenvalue weighted by molar-refractivity contribution is 8.14. The zero-order chi connectivity index (χ0) is 32.4. The van der Waals surface area contributed by atoms with Gasteiger partial charge in [0.1, 0.15) is 5.78 Å². The van der Waals surface area contributed by atoms with E-state index in [1.165, 1.54) is 90.1 Å². The van der Waals surface area contributed by atoms with Gasteiger partial charge in [0, 0.05) is 41.8 Å². The third kappa shape index (κ3) is 8.21. The summed E-state index contributed by atoms with van der Waals surface area (Å²) in [6.45, 7) is 4.35. The summed E-state index contributed by atoms with van der Waals surface area (Å²) in [4.78, 5) is 42.7. The lowest BCUT2D eigenvalue weighted by Gasteiger charge is -2.38. The molecule has 254 valence electrons. The van der Waals surface area contributed by atoms with E-state index >= 15 is 0 Å². The predicted octanol–water partition coefficient (Wildman–Crippen LogP) is 9.10. The number of carbonyl (C=O) groups excluding carboxylic acids is 4. The molecule has 8 bridgehead atoms. The summed E-state index contributed by atoms with van der Waals surface area (Å²) in [6.07, 6.45) is 16.2. The summed E-state index contributed by atoms with van der Waals surface area (Å²) in [5.41, 5.74) is 0. The van der Waals surface area contributed by atoms with Crippen molar-refractivity contribution in [2.75, 3.05) is 29.3 Å². The van der Waals surface area contributed by atoms with Crippen molar-refractivity contribution in [3.8, 4) is 0 Å². The van der Waals surface area contributed by atoms with Gasteiger partial charge < -0.3 is 4.79 Å². The lowest BCUT2D eigenvalue weighted by Crippen LogP contribution is -2.35. The lowest BCUT2D eigenvalue weighted by molar-refractivity contribution is -0.118. The Morgan fingerprint density at radius 3 is 1.47 bits per heavy atom. The molecule has 0 heterocycles. The standard InChI is InChI=1S/C18H28OS3.C13H17ClO.C3H6O.C2H3ClO/c1-20-4-5-21-6-7-22-18(19)15-10-13-9-14(15)17-12-3-2-11(8-12)16(13)17;14-13(15)10-5-8-4-9(10)12-7-2-1-6(3-7)11(8)12;1-3(2)4;1-2(3)4/h11-17H,2-10H2,1H3;6-12H,1-5H2;1-2H3;1H3. The highest BCUT2D eigenvalue weighted by Gasteiger charge is 2.64. The minimum Gasteiger partial charge on any atom is -0.300 e. The van der Waals surface area contributed by atoms with Crippen LogP contribution in [0.25, 0.3) is 0 Å². The molecule has 9 heteroatoms. The first kappa shape index (κ1) is 36.6. The second-order valence-electron chi connectivity index (χ2n) is 15.4. The second-order valence-corrected chi connectivity index (χ2v) is 19.6. The molecule has 0 radical (unpaired) electrons. The SMILES string of the molecule is CC(=O)Cl.CC(C)=O.CSCCSCCSC(=O)C1CC2CC1C1C3CCC(C3)C21.O=C(Cl)C1CC2CC1C1C3CCC(C3)C21. The molecule has 0 amide bonds. The summed E-state index contributed by atoms with van der Waals surface area (Å²) < 4.78 is 0. The van der Waals surface area contributed by atoms with Crippen LogP contribution in [-0.2, 0) is 19.2 Å². The maximum absolute atomic E-state index is 12.7. The van der Waals surface area contributed by atoms with Crippen LogP contribution >= 0.6 is 58.5 Å². The first-order chi connectivity index (χ1) is 21.5. The Morgan fingerprint density at radius 2 is 1.00 bits per heavy atom. The quantitative estimate of drug-likeness (QED) is 0.141. The molecule has 8 aliphatic rings. The van der Waals surface area contributed by atoms with Gasteiger partial charge in [-0.05, 0) is 179 Å². The molecule has 45 heavy (non-hydrogen) atoms. The lowest BCUT2D eigenvalue weighted by atomic mass is 9.68. The molecule has 0 aromatic heterocycles. The molecule has 0 spiro atoms. The van der Waals surface area contributed by atoms with Gasteiger partial charge in [-0.1, -0.05) is 11.8 Å². The van der Waals surface area contributed by atoms with Crippen molar-refractivity contribution in [2.45, 2.75) is 85.0 Å². The summed E-state index contributed by atoms with van der Waals surface area (Å²) in [7, 11) is 0. The molecule has 8 aliphatic carbocycles. The number of carbonyl (C=O) groups is 4. The summed E-state index contributed by atoms with van der Waals surface area (Å²) in [5.74, 6) is 16.7. The van der Waals surface area contributed by atoms with Gasteiger partial charge in [-0.3, -0.25) is 14.4 Å². The van der Waals surface area contributed by atoms with E-state index in [2.05, 4.69) is 17.9 Å². The Balaban J connectivity index is 0.000000150. The Hall–Kier alpha value is 0.310. The molecule has 0 aromatic rings. The Labute approximate surface area is 294 Å². The van der Waals surface area contributed by atoms with Gasteiger partial charge in [-0.25, -0.2) is 0 Å². The second kappa shape index (κ2) is 16.3. The largest absolute Gasteiger partial charge is 0.300 e. The zero-order valence-electron chi connectivity index (χ0n) is 27.6. The van der Waals surface area contributed by atoms with Gasteiger partial charge in [-0.15, -0.1) is 0 Å². The van der Waals surface area contributed by atoms with E-state index in [9.17, 15) is 19.2 Å². The van der Waals surface area contributed by atoms with Crippen LogP contribution in [0.3, 0.4) is 0 Å². The minimum atomic E-state index is -0.361. The van der Waals surface area contributed by atoms with Crippen LogP contribution in [0.5, 0.6) is 0 Å². The average molecular weight is 718 g/mol. The Morgan fingerprint density at radius 1 is 0.578 bits per heavy atom. The van der Waals surface area contributed by atoms with Gasteiger partial charge in [0.25, 0.3) is 0 Å². The highest BCUT2D eigenvalue weighted by atomic mass is 35.5. The van der Waals surface area contributed by atoms with Gasteiger partial charge in [0.15, 0.2) is 5.12 Å². The van der Waals surface area contributed by atoms with E-state index in [1.807, 2.05) is 23.5 Å².